The monoisotopic (exact) mass is 299 g/mol. The van der Waals surface area contributed by atoms with Gasteiger partial charge in [-0.1, -0.05) is 20.3 Å². The van der Waals surface area contributed by atoms with Crippen molar-refractivity contribution in [3.8, 4) is 0 Å². The van der Waals surface area contributed by atoms with E-state index >= 15 is 0 Å². The van der Waals surface area contributed by atoms with Gasteiger partial charge in [-0.25, -0.2) is 4.79 Å². The van der Waals surface area contributed by atoms with Crippen LogP contribution in [0, 0.1) is 5.92 Å². The van der Waals surface area contributed by atoms with Crippen molar-refractivity contribution >= 4 is 12.0 Å². The summed E-state index contributed by atoms with van der Waals surface area (Å²) in [5.41, 5.74) is 0. The number of urea groups is 1. The Morgan fingerprint density at radius 3 is 2.24 bits per heavy atom. The van der Waals surface area contributed by atoms with Gasteiger partial charge in [0.1, 0.15) is 0 Å². The van der Waals surface area contributed by atoms with Crippen molar-refractivity contribution in [2.75, 3.05) is 19.6 Å². The van der Waals surface area contributed by atoms with E-state index in [0.29, 0.717) is 0 Å². The Morgan fingerprint density at radius 1 is 1.10 bits per heavy atom. The molecule has 0 aliphatic carbocycles. The number of nitrogens with zero attached hydrogens (tertiary/aromatic N) is 1. The van der Waals surface area contributed by atoms with Crippen molar-refractivity contribution in [3.63, 3.8) is 0 Å². The number of nitrogens with one attached hydrogen (secondary N) is 2. The number of piperidine rings is 1. The minimum Gasteiger partial charge on any atom is -0.481 e. The van der Waals surface area contributed by atoms with E-state index in [-0.39, 0.29) is 30.5 Å². The summed E-state index contributed by atoms with van der Waals surface area (Å²) in [6.07, 6.45) is 3.70. The average molecular weight is 299 g/mol. The molecule has 0 radical (unpaired) electrons. The van der Waals surface area contributed by atoms with Crippen molar-refractivity contribution in [2.45, 2.75) is 58.5 Å². The van der Waals surface area contributed by atoms with E-state index in [0.717, 1.165) is 19.6 Å². The summed E-state index contributed by atoms with van der Waals surface area (Å²) in [4.78, 5) is 25.1. The minimum atomic E-state index is -0.893. The average Bonchev–Trinajstić information content (AvgIpc) is 2.38. The first-order valence-corrected chi connectivity index (χ1v) is 7.89. The summed E-state index contributed by atoms with van der Waals surface area (Å²) in [7, 11) is 0. The first kappa shape index (κ1) is 17.8. The van der Waals surface area contributed by atoms with Crippen LogP contribution in [0.15, 0.2) is 0 Å². The van der Waals surface area contributed by atoms with Crippen LogP contribution in [0.1, 0.15) is 46.5 Å². The van der Waals surface area contributed by atoms with E-state index in [4.69, 9.17) is 5.11 Å². The Kier molecular flexibility index (Phi) is 7.50. The van der Waals surface area contributed by atoms with Gasteiger partial charge in [0.05, 0.1) is 6.42 Å². The second kappa shape index (κ2) is 8.87. The molecule has 0 aromatic rings. The van der Waals surface area contributed by atoms with Crippen LogP contribution < -0.4 is 10.6 Å². The number of likely N-dealkylation sites (tertiary alicyclic amines) is 1. The number of hydrogen-bond donors (Lipinski definition) is 3. The third-order valence-corrected chi connectivity index (χ3v) is 3.87. The molecule has 0 spiro atoms. The predicted molar refractivity (Wildman–Crippen MR) is 82.3 cm³/mol. The van der Waals surface area contributed by atoms with Gasteiger partial charge in [0.15, 0.2) is 0 Å². The molecule has 0 bridgehead atoms. The summed E-state index contributed by atoms with van der Waals surface area (Å²) in [6.45, 7) is 8.84. The topological polar surface area (TPSA) is 81.7 Å². The lowest BCUT2D eigenvalue weighted by Gasteiger charge is -2.30. The normalized spacial score (nSPS) is 19.0. The number of amides is 2. The van der Waals surface area contributed by atoms with Crippen molar-refractivity contribution in [1.82, 2.24) is 15.5 Å². The van der Waals surface area contributed by atoms with Crippen LogP contribution in [0.2, 0.25) is 0 Å². The lowest BCUT2D eigenvalue weighted by Crippen LogP contribution is -2.51. The molecule has 1 fully saturated rings. The predicted octanol–water partition coefficient (Wildman–Crippen LogP) is 1.66. The molecule has 2 amide bonds. The zero-order valence-electron chi connectivity index (χ0n) is 13.4. The Morgan fingerprint density at radius 2 is 1.71 bits per heavy atom. The Balaban J connectivity index is 2.34. The van der Waals surface area contributed by atoms with Gasteiger partial charge in [0.2, 0.25) is 0 Å². The van der Waals surface area contributed by atoms with Crippen LogP contribution >= 0.6 is 0 Å². The molecule has 6 heteroatoms. The molecule has 1 saturated heterocycles. The number of rotatable bonds is 7. The number of hydrogen-bond acceptors (Lipinski definition) is 3. The summed E-state index contributed by atoms with van der Waals surface area (Å²) >= 11 is 0. The molecule has 6 nitrogen and oxygen atoms in total. The Labute approximate surface area is 127 Å². The maximum Gasteiger partial charge on any atom is 0.315 e. The van der Waals surface area contributed by atoms with E-state index in [2.05, 4.69) is 15.5 Å². The van der Waals surface area contributed by atoms with Crippen molar-refractivity contribution in [1.29, 1.82) is 0 Å². The molecule has 21 heavy (non-hydrogen) atoms. The first-order chi connectivity index (χ1) is 9.88. The molecular weight excluding hydrogens is 270 g/mol. The third-order valence-electron chi connectivity index (χ3n) is 3.87. The number of carboxylic acid groups (broad SMARTS) is 1. The Bertz CT molecular complexity index is 341. The molecule has 1 rings (SSSR count). The van der Waals surface area contributed by atoms with Crippen LogP contribution in [0.3, 0.4) is 0 Å². The van der Waals surface area contributed by atoms with E-state index in [1.165, 1.54) is 19.3 Å². The largest absolute Gasteiger partial charge is 0.481 e. The van der Waals surface area contributed by atoms with Gasteiger partial charge in [0, 0.05) is 18.6 Å². The molecule has 3 N–H and O–H groups in total. The number of carbonyl (C=O) groups is 2. The molecule has 2 unspecified atom stereocenters. The van der Waals surface area contributed by atoms with Crippen LogP contribution in [-0.2, 0) is 4.79 Å². The highest BCUT2D eigenvalue weighted by Crippen LogP contribution is 2.09. The van der Waals surface area contributed by atoms with Gasteiger partial charge in [-0.2, -0.15) is 0 Å². The van der Waals surface area contributed by atoms with Gasteiger partial charge in [-0.15, -0.1) is 0 Å². The number of carbonyl (C=O) groups excluding carboxylic acids is 1. The lowest BCUT2D eigenvalue weighted by molar-refractivity contribution is -0.137. The highest BCUT2D eigenvalue weighted by molar-refractivity contribution is 5.76. The quantitative estimate of drug-likeness (QED) is 0.668. The van der Waals surface area contributed by atoms with Crippen LogP contribution in [-0.4, -0.2) is 53.7 Å². The fourth-order valence-electron chi connectivity index (χ4n) is 2.65. The van der Waals surface area contributed by atoms with Crippen LogP contribution in [0.25, 0.3) is 0 Å². The SMILES string of the molecule is CC(CN1CCCCC1)NC(=O)NC(CC(=O)O)C(C)C. The van der Waals surface area contributed by atoms with E-state index < -0.39 is 5.97 Å². The second-order valence-corrected chi connectivity index (χ2v) is 6.33. The van der Waals surface area contributed by atoms with E-state index in [1.54, 1.807) is 0 Å². The molecule has 2 atom stereocenters. The van der Waals surface area contributed by atoms with E-state index in [1.807, 2.05) is 20.8 Å². The maximum atomic E-state index is 12.0. The highest BCUT2D eigenvalue weighted by atomic mass is 16.4. The maximum absolute atomic E-state index is 12.0. The molecule has 122 valence electrons. The molecule has 1 aliphatic heterocycles. The molecular formula is C15H29N3O3. The van der Waals surface area contributed by atoms with E-state index in [9.17, 15) is 9.59 Å². The first-order valence-electron chi connectivity index (χ1n) is 7.89. The standard InChI is InChI=1S/C15H29N3O3/c1-11(2)13(9-14(19)20)17-15(21)16-12(3)10-18-7-5-4-6-8-18/h11-13H,4-10H2,1-3H3,(H,19,20)(H2,16,17,21). The molecule has 0 aromatic heterocycles. The summed E-state index contributed by atoms with van der Waals surface area (Å²) in [5.74, 6) is -0.806. The van der Waals surface area contributed by atoms with Gasteiger partial charge < -0.3 is 20.6 Å². The zero-order valence-corrected chi connectivity index (χ0v) is 13.4. The highest BCUT2D eigenvalue weighted by Gasteiger charge is 2.21. The van der Waals surface area contributed by atoms with Gasteiger partial charge in [-0.05, 0) is 38.8 Å². The van der Waals surface area contributed by atoms with Crippen molar-refractivity contribution in [3.05, 3.63) is 0 Å². The number of carboxylic acids is 1. The smallest absolute Gasteiger partial charge is 0.315 e. The fourth-order valence-corrected chi connectivity index (χ4v) is 2.65. The van der Waals surface area contributed by atoms with Gasteiger partial charge >= 0.3 is 12.0 Å². The summed E-state index contributed by atoms with van der Waals surface area (Å²) in [6, 6.07) is -0.565. The van der Waals surface area contributed by atoms with Crippen LogP contribution in [0.4, 0.5) is 4.79 Å². The minimum absolute atomic E-state index is 0.0500. The lowest BCUT2D eigenvalue weighted by atomic mass is 10.0. The third kappa shape index (κ3) is 7.32. The van der Waals surface area contributed by atoms with Crippen LogP contribution in [0.5, 0.6) is 0 Å². The van der Waals surface area contributed by atoms with Gasteiger partial charge in [0.25, 0.3) is 0 Å². The fraction of sp³-hybridized carbons (Fsp3) is 0.867. The Hall–Kier alpha value is -1.30. The molecule has 1 aliphatic rings. The van der Waals surface area contributed by atoms with Crippen molar-refractivity contribution < 1.29 is 14.7 Å². The zero-order chi connectivity index (χ0) is 15.8. The molecule has 0 saturated carbocycles. The van der Waals surface area contributed by atoms with Gasteiger partial charge in [-0.3, -0.25) is 4.79 Å². The van der Waals surface area contributed by atoms with Crippen molar-refractivity contribution in [2.24, 2.45) is 5.92 Å². The second-order valence-electron chi connectivity index (χ2n) is 6.33. The molecule has 1 heterocycles. The summed E-state index contributed by atoms with van der Waals surface area (Å²) < 4.78 is 0. The molecule has 0 aromatic carbocycles. The number of aliphatic carboxylic acids is 1. The summed E-state index contributed by atoms with van der Waals surface area (Å²) in [5, 5.41) is 14.5.